The van der Waals surface area contributed by atoms with Gasteiger partial charge in [0.2, 0.25) is 0 Å². The van der Waals surface area contributed by atoms with E-state index in [0.29, 0.717) is 5.56 Å². The largest absolute Gasteiger partial charge is 0.459 e. The van der Waals surface area contributed by atoms with Gasteiger partial charge >= 0.3 is 5.97 Å². The fourth-order valence-electron chi connectivity index (χ4n) is 1.70. The van der Waals surface area contributed by atoms with Crippen LogP contribution in [0.4, 0.5) is 0 Å². The molecule has 2 aromatic rings. The van der Waals surface area contributed by atoms with Gasteiger partial charge in [-0.3, -0.25) is 4.98 Å². The minimum Gasteiger partial charge on any atom is -0.459 e. The van der Waals surface area contributed by atoms with E-state index >= 15 is 0 Å². The van der Waals surface area contributed by atoms with Crippen molar-refractivity contribution in [3.05, 3.63) is 41.6 Å². The van der Waals surface area contributed by atoms with Crippen molar-refractivity contribution >= 4 is 16.9 Å². The fourth-order valence-corrected chi connectivity index (χ4v) is 1.70. The molecule has 0 aliphatic carbocycles. The molecule has 0 aliphatic heterocycles. The second-order valence-electron chi connectivity index (χ2n) is 4.31. The van der Waals surface area contributed by atoms with Crippen LogP contribution in [0.1, 0.15) is 29.8 Å². The maximum Gasteiger partial charge on any atom is 0.338 e. The number of carbonyl (C=O) groups is 1. The first kappa shape index (κ1) is 11.6. The molecule has 1 aromatic heterocycles. The van der Waals surface area contributed by atoms with Gasteiger partial charge in [-0.05, 0) is 44.5 Å². The van der Waals surface area contributed by atoms with Crippen molar-refractivity contribution in [2.24, 2.45) is 0 Å². The molecule has 1 heterocycles. The Balaban J connectivity index is 2.42. The van der Waals surface area contributed by atoms with Crippen molar-refractivity contribution in [1.29, 1.82) is 0 Å². The molecule has 3 nitrogen and oxygen atoms in total. The molecule has 0 bridgehead atoms. The third-order valence-corrected chi connectivity index (χ3v) is 2.54. The quantitative estimate of drug-likeness (QED) is 0.743. The van der Waals surface area contributed by atoms with Crippen molar-refractivity contribution in [2.75, 3.05) is 0 Å². The highest BCUT2D eigenvalue weighted by Crippen LogP contribution is 2.18. The topological polar surface area (TPSA) is 39.2 Å². The molecule has 0 amide bonds. The normalized spacial score (nSPS) is 10.8. The highest BCUT2D eigenvalue weighted by atomic mass is 16.5. The molecule has 0 fully saturated rings. The first-order valence-corrected chi connectivity index (χ1v) is 5.64. The summed E-state index contributed by atoms with van der Waals surface area (Å²) in [6, 6.07) is 7.41. The van der Waals surface area contributed by atoms with Crippen LogP contribution in [0.2, 0.25) is 0 Å². The molecule has 0 atom stereocenters. The number of nitrogens with zero attached hydrogens (tertiary/aromatic N) is 1. The highest BCUT2D eigenvalue weighted by Gasteiger charge is 2.10. The Morgan fingerprint density at radius 2 is 2.06 bits per heavy atom. The number of benzene rings is 1. The zero-order chi connectivity index (χ0) is 12.4. The van der Waals surface area contributed by atoms with Gasteiger partial charge < -0.3 is 4.74 Å². The molecule has 1 aromatic carbocycles. The lowest BCUT2D eigenvalue weighted by Gasteiger charge is -2.08. The maximum absolute atomic E-state index is 11.7. The lowest BCUT2D eigenvalue weighted by Crippen LogP contribution is -2.11. The standard InChI is InChI=1S/C14H15NO2/c1-9(2)17-14(16)11-4-5-12-10(3)6-7-15-13(12)8-11/h4-9H,1-3H3. The van der Waals surface area contributed by atoms with Crippen LogP contribution in [-0.2, 0) is 4.74 Å². The molecule has 0 spiro atoms. The van der Waals surface area contributed by atoms with Gasteiger partial charge in [0.15, 0.2) is 0 Å². The van der Waals surface area contributed by atoms with Crippen LogP contribution in [-0.4, -0.2) is 17.1 Å². The molecule has 3 heteroatoms. The Labute approximate surface area is 100 Å². The summed E-state index contributed by atoms with van der Waals surface area (Å²) in [6.45, 7) is 5.69. The lowest BCUT2D eigenvalue weighted by molar-refractivity contribution is 0.0378. The first-order chi connectivity index (χ1) is 8.08. The molecular formula is C14H15NO2. The zero-order valence-corrected chi connectivity index (χ0v) is 10.2. The molecule has 0 unspecified atom stereocenters. The minimum atomic E-state index is -0.301. The van der Waals surface area contributed by atoms with E-state index in [0.717, 1.165) is 16.5 Å². The van der Waals surface area contributed by atoms with Gasteiger partial charge in [-0.15, -0.1) is 0 Å². The first-order valence-electron chi connectivity index (χ1n) is 5.64. The second kappa shape index (κ2) is 4.53. The van der Waals surface area contributed by atoms with E-state index in [2.05, 4.69) is 4.98 Å². The van der Waals surface area contributed by atoms with Crippen molar-refractivity contribution in [3.8, 4) is 0 Å². The Bertz CT molecular complexity index is 561. The third-order valence-electron chi connectivity index (χ3n) is 2.54. The predicted octanol–water partition coefficient (Wildman–Crippen LogP) is 3.11. The van der Waals surface area contributed by atoms with Gasteiger partial charge in [0, 0.05) is 11.6 Å². The molecule has 0 aliphatic rings. The number of esters is 1. The number of pyridine rings is 1. The summed E-state index contributed by atoms with van der Waals surface area (Å²) in [5.74, 6) is -0.301. The van der Waals surface area contributed by atoms with E-state index in [-0.39, 0.29) is 12.1 Å². The number of fused-ring (bicyclic) bond motifs is 1. The monoisotopic (exact) mass is 229 g/mol. The zero-order valence-electron chi connectivity index (χ0n) is 10.2. The van der Waals surface area contributed by atoms with Gasteiger partial charge in [0.25, 0.3) is 0 Å². The van der Waals surface area contributed by atoms with Crippen LogP contribution in [0.5, 0.6) is 0 Å². The van der Waals surface area contributed by atoms with Gasteiger partial charge in [-0.2, -0.15) is 0 Å². The van der Waals surface area contributed by atoms with E-state index in [1.54, 1.807) is 18.3 Å². The maximum atomic E-state index is 11.7. The number of hydrogen-bond donors (Lipinski definition) is 0. The van der Waals surface area contributed by atoms with E-state index in [1.165, 1.54) is 0 Å². The number of rotatable bonds is 2. The Morgan fingerprint density at radius 1 is 1.29 bits per heavy atom. The van der Waals surface area contributed by atoms with E-state index in [1.807, 2.05) is 32.9 Å². The molecule has 0 saturated heterocycles. The Morgan fingerprint density at radius 3 is 2.76 bits per heavy atom. The minimum absolute atomic E-state index is 0.108. The smallest absolute Gasteiger partial charge is 0.338 e. The highest BCUT2D eigenvalue weighted by molar-refractivity contribution is 5.95. The van der Waals surface area contributed by atoms with Gasteiger partial charge in [0.05, 0.1) is 17.2 Å². The molecule has 2 rings (SSSR count). The van der Waals surface area contributed by atoms with Gasteiger partial charge in [0.1, 0.15) is 0 Å². The van der Waals surface area contributed by atoms with Crippen LogP contribution in [0.3, 0.4) is 0 Å². The lowest BCUT2D eigenvalue weighted by atomic mass is 10.1. The van der Waals surface area contributed by atoms with E-state index < -0.39 is 0 Å². The van der Waals surface area contributed by atoms with Crippen LogP contribution in [0.25, 0.3) is 10.9 Å². The number of aryl methyl sites for hydroxylation is 1. The molecule has 17 heavy (non-hydrogen) atoms. The summed E-state index contributed by atoms with van der Waals surface area (Å²) in [5, 5.41) is 1.06. The van der Waals surface area contributed by atoms with Gasteiger partial charge in [-0.1, -0.05) is 6.07 Å². The van der Waals surface area contributed by atoms with Crippen molar-refractivity contribution in [3.63, 3.8) is 0 Å². The number of aromatic nitrogens is 1. The fraction of sp³-hybridized carbons (Fsp3) is 0.286. The Hall–Kier alpha value is -1.90. The average molecular weight is 229 g/mol. The SMILES string of the molecule is Cc1ccnc2cc(C(=O)OC(C)C)ccc12. The number of hydrogen-bond acceptors (Lipinski definition) is 3. The summed E-state index contributed by atoms with van der Waals surface area (Å²) in [7, 11) is 0. The molecule has 0 N–H and O–H groups in total. The van der Waals surface area contributed by atoms with Crippen LogP contribution in [0, 0.1) is 6.92 Å². The van der Waals surface area contributed by atoms with Crippen LogP contribution >= 0.6 is 0 Å². The molecule has 0 radical (unpaired) electrons. The van der Waals surface area contributed by atoms with Crippen molar-refractivity contribution < 1.29 is 9.53 Å². The number of ether oxygens (including phenoxy) is 1. The summed E-state index contributed by atoms with van der Waals surface area (Å²) >= 11 is 0. The summed E-state index contributed by atoms with van der Waals surface area (Å²) < 4.78 is 5.15. The predicted molar refractivity (Wildman–Crippen MR) is 67.0 cm³/mol. The van der Waals surface area contributed by atoms with E-state index in [4.69, 9.17) is 4.74 Å². The van der Waals surface area contributed by atoms with Crippen LogP contribution < -0.4 is 0 Å². The summed E-state index contributed by atoms with van der Waals surface area (Å²) in [5.41, 5.74) is 2.52. The number of carbonyl (C=O) groups excluding carboxylic acids is 1. The van der Waals surface area contributed by atoms with Gasteiger partial charge in [-0.25, -0.2) is 4.79 Å². The third kappa shape index (κ3) is 2.44. The van der Waals surface area contributed by atoms with Crippen molar-refractivity contribution in [2.45, 2.75) is 26.9 Å². The molecular weight excluding hydrogens is 214 g/mol. The molecule has 88 valence electrons. The van der Waals surface area contributed by atoms with Crippen molar-refractivity contribution in [1.82, 2.24) is 4.98 Å². The summed E-state index contributed by atoms with van der Waals surface area (Å²) in [6.07, 6.45) is 1.64. The Kier molecular flexibility index (Phi) is 3.09. The van der Waals surface area contributed by atoms with E-state index in [9.17, 15) is 4.79 Å². The molecule has 0 saturated carbocycles. The van der Waals surface area contributed by atoms with Crippen LogP contribution in [0.15, 0.2) is 30.5 Å². The summed E-state index contributed by atoms with van der Waals surface area (Å²) in [4.78, 5) is 16.0. The second-order valence-corrected chi connectivity index (χ2v) is 4.31. The average Bonchev–Trinajstić information content (AvgIpc) is 2.28.